The summed E-state index contributed by atoms with van der Waals surface area (Å²) in [6.07, 6.45) is 3.51. The summed E-state index contributed by atoms with van der Waals surface area (Å²) in [7, 11) is 2.94. The molecule has 0 unspecified atom stereocenters. The Morgan fingerprint density at radius 2 is 2.00 bits per heavy atom. The number of aromatic nitrogens is 2. The van der Waals surface area contributed by atoms with Gasteiger partial charge in [-0.3, -0.25) is 24.4 Å². The van der Waals surface area contributed by atoms with Gasteiger partial charge in [0.1, 0.15) is 11.6 Å². The van der Waals surface area contributed by atoms with Crippen LogP contribution in [0.15, 0.2) is 36.4 Å². The van der Waals surface area contributed by atoms with E-state index in [1.54, 1.807) is 36.4 Å². The lowest BCUT2D eigenvalue weighted by Gasteiger charge is -2.13. The van der Waals surface area contributed by atoms with Crippen LogP contribution in [0.4, 0.5) is 4.39 Å². The predicted octanol–water partition coefficient (Wildman–Crippen LogP) is 2.95. The Kier molecular flexibility index (Phi) is 6.62. The Balaban J connectivity index is 1.87. The number of hydrogen-bond donors (Lipinski definition) is 2. The Labute approximate surface area is 178 Å². The van der Waals surface area contributed by atoms with Gasteiger partial charge in [0.2, 0.25) is 5.91 Å². The quantitative estimate of drug-likeness (QED) is 0.574. The summed E-state index contributed by atoms with van der Waals surface area (Å²) in [5, 5.41) is 10.3. The van der Waals surface area contributed by atoms with Gasteiger partial charge in [0.15, 0.2) is 0 Å². The second kappa shape index (κ2) is 9.54. The SMILES string of the molecule is [C-]#[N+]CN(C)C(=O)CNC(=O)c1ccc2[nH]nc(/C=C/c3ccc(F)cc3)c2c1OC. The van der Waals surface area contributed by atoms with Gasteiger partial charge < -0.3 is 10.1 Å². The highest BCUT2D eigenvalue weighted by Crippen LogP contribution is 2.32. The number of aromatic amines is 1. The maximum Gasteiger partial charge on any atom is 0.291 e. The van der Waals surface area contributed by atoms with Gasteiger partial charge in [0.05, 0.1) is 35.8 Å². The second-order valence-corrected chi connectivity index (χ2v) is 6.64. The molecule has 0 aliphatic heterocycles. The van der Waals surface area contributed by atoms with Crippen molar-refractivity contribution < 1.29 is 18.7 Å². The predicted molar refractivity (Wildman–Crippen MR) is 115 cm³/mol. The van der Waals surface area contributed by atoms with Crippen molar-refractivity contribution in [1.29, 1.82) is 0 Å². The Hall–Kier alpha value is -4.19. The van der Waals surface area contributed by atoms with Crippen molar-refractivity contribution in [3.05, 3.63) is 70.5 Å². The van der Waals surface area contributed by atoms with Crippen LogP contribution in [0.5, 0.6) is 5.75 Å². The number of hydrogen-bond acceptors (Lipinski definition) is 4. The minimum Gasteiger partial charge on any atom is -0.495 e. The van der Waals surface area contributed by atoms with Crippen molar-refractivity contribution in [3.8, 4) is 5.75 Å². The molecule has 0 saturated heterocycles. The number of ether oxygens (including phenoxy) is 1. The summed E-state index contributed by atoms with van der Waals surface area (Å²) in [4.78, 5) is 29.0. The summed E-state index contributed by atoms with van der Waals surface area (Å²) >= 11 is 0. The van der Waals surface area contributed by atoms with Crippen molar-refractivity contribution in [3.63, 3.8) is 0 Å². The third-order valence-electron chi connectivity index (χ3n) is 4.57. The number of rotatable bonds is 7. The highest BCUT2D eigenvalue weighted by Gasteiger charge is 2.20. The Morgan fingerprint density at radius 3 is 2.68 bits per heavy atom. The highest BCUT2D eigenvalue weighted by atomic mass is 19.1. The molecular weight excluding hydrogens is 401 g/mol. The molecule has 1 aromatic heterocycles. The van der Waals surface area contributed by atoms with Crippen molar-refractivity contribution in [2.24, 2.45) is 0 Å². The van der Waals surface area contributed by atoms with Gasteiger partial charge in [-0.1, -0.05) is 18.2 Å². The molecule has 9 heteroatoms. The fourth-order valence-corrected chi connectivity index (χ4v) is 2.94. The topological polar surface area (TPSA) is 91.7 Å². The highest BCUT2D eigenvalue weighted by molar-refractivity contribution is 6.06. The van der Waals surface area contributed by atoms with Crippen molar-refractivity contribution in [2.75, 3.05) is 27.4 Å². The second-order valence-electron chi connectivity index (χ2n) is 6.64. The molecule has 3 aromatic rings. The number of methoxy groups -OCH3 is 1. The molecule has 0 fully saturated rings. The molecule has 2 N–H and O–H groups in total. The van der Waals surface area contributed by atoms with Crippen LogP contribution in [0.2, 0.25) is 0 Å². The van der Waals surface area contributed by atoms with Crippen LogP contribution in [0.1, 0.15) is 21.6 Å². The van der Waals surface area contributed by atoms with Crippen LogP contribution in [-0.2, 0) is 4.79 Å². The third kappa shape index (κ3) is 4.87. The number of nitrogens with zero attached hydrogens (tertiary/aromatic N) is 3. The average molecular weight is 421 g/mol. The summed E-state index contributed by atoms with van der Waals surface area (Å²) in [6, 6.07) is 9.28. The molecule has 0 bridgehead atoms. The van der Waals surface area contributed by atoms with E-state index in [0.29, 0.717) is 22.3 Å². The molecule has 0 atom stereocenters. The summed E-state index contributed by atoms with van der Waals surface area (Å²) in [5.74, 6) is -0.878. The molecule has 2 amide bonds. The Bertz CT molecular complexity index is 1180. The normalized spacial score (nSPS) is 10.8. The lowest BCUT2D eigenvalue weighted by molar-refractivity contribution is -0.128. The van der Waals surface area contributed by atoms with Gasteiger partial charge in [-0.05, 0) is 35.9 Å². The van der Waals surface area contributed by atoms with E-state index in [9.17, 15) is 14.0 Å². The smallest absolute Gasteiger partial charge is 0.291 e. The van der Waals surface area contributed by atoms with Gasteiger partial charge in [0, 0.05) is 7.05 Å². The van der Waals surface area contributed by atoms with E-state index >= 15 is 0 Å². The number of carbonyl (C=O) groups excluding carboxylic acids is 2. The Morgan fingerprint density at radius 1 is 1.26 bits per heavy atom. The van der Waals surface area contributed by atoms with Crippen molar-refractivity contribution >= 4 is 34.9 Å². The zero-order valence-electron chi connectivity index (χ0n) is 17.0. The molecule has 0 saturated carbocycles. The molecule has 2 aromatic carbocycles. The van der Waals surface area contributed by atoms with Crippen molar-refractivity contribution in [2.45, 2.75) is 0 Å². The summed E-state index contributed by atoms with van der Waals surface area (Å²) in [5.41, 5.74) is 2.24. The number of benzene rings is 2. The fraction of sp³-hybridized carbons (Fsp3) is 0.182. The third-order valence-corrected chi connectivity index (χ3v) is 4.57. The van der Waals surface area contributed by atoms with Gasteiger partial charge in [-0.25, -0.2) is 11.0 Å². The van der Waals surface area contributed by atoms with E-state index in [0.717, 1.165) is 5.56 Å². The van der Waals surface area contributed by atoms with E-state index in [4.69, 9.17) is 11.3 Å². The van der Waals surface area contributed by atoms with Gasteiger partial charge in [-0.2, -0.15) is 5.10 Å². The van der Waals surface area contributed by atoms with Gasteiger partial charge in [0.25, 0.3) is 12.6 Å². The minimum atomic E-state index is -0.488. The van der Waals surface area contributed by atoms with Crippen LogP contribution in [-0.4, -0.2) is 54.3 Å². The molecule has 3 rings (SSSR count). The van der Waals surface area contributed by atoms with Crippen LogP contribution in [0.3, 0.4) is 0 Å². The molecule has 0 aliphatic rings. The van der Waals surface area contributed by atoms with Crippen LogP contribution in [0.25, 0.3) is 27.9 Å². The summed E-state index contributed by atoms with van der Waals surface area (Å²) in [6.45, 7) is 6.48. The molecule has 0 aliphatic carbocycles. The van der Waals surface area contributed by atoms with Crippen LogP contribution >= 0.6 is 0 Å². The standard InChI is InChI=1S/C22H20FN5O3/c1-24-13-28(2)19(29)12-25-22(30)16-9-11-18-20(21(16)31-3)17(26-27-18)10-6-14-4-7-15(23)8-5-14/h4-11H,12-13H2,2-3H3,(H,25,30)(H,26,27)/b10-6+. The number of nitrogens with one attached hydrogen (secondary N) is 2. The largest absolute Gasteiger partial charge is 0.495 e. The van der Waals surface area contributed by atoms with Gasteiger partial charge >= 0.3 is 0 Å². The van der Waals surface area contributed by atoms with E-state index in [1.807, 2.05) is 0 Å². The number of amides is 2. The number of likely N-dealkylation sites (N-methyl/N-ethyl adjacent to an activating group) is 1. The first-order valence-electron chi connectivity index (χ1n) is 9.28. The fourth-order valence-electron chi connectivity index (χ4n) is 2.94. The molecule has 0 radical (unpaired) electrons. The van der Waals surface area contributed by atoms with Crippen molar-refractivity contribution in [1.82, 2.24) is 20.4 Å². The number of fused-ring (bicyclic) bond motifs is 1. The molecule has 31 heavy (non-hydrogen) atoms. The first-order valence-corrected chi connectivity index (χ1v) is 9.28. The lowest BCUT2D eigenvalue weighted by atomic mass is 10.1. The number of H-pyrrole nitrogens is 1. The van der Waals surface area contributed by atoms with Gasteiger partial charge in [-0.15, -0.1) is 0 Å². The monoisotopic (exact) mass is 421 g/mol. The van der Waals surface area contributed by atoms with E-state index in [1.165, 1.54) is 31.2 Å². The summed E-state index contributed by atoms with van der Waals surface area (Å²) < 4.78 is 18.6. The molecule has 8 nitrogen and oxygen atoms in total. The minimum absolute atomic E-state index is 0.0806. The molecule has 0 spiro atoms. The van der Waals surface area contributed by atoms with Crippen LogP contribution < -0.4 is 10.1 Å². The maximum absolute atomic E-state index is 13.1. The molecule has 1 heterocycles. The van der Waals surface area contributed by atoms with E-state index in [2.05, 4.69) is 20.4 Å². The first kappa shape index (κ1) is 21.5. The lowest BCUT2D eigenvalue weighted by Crippen LogP contribution is -2.38. The van der Waals surface area contributed by atoms with E-state index < -0.39 is 5.91 Å². The zero-order valence-corrected chi connectivity index (χ0v) is 17.0. The van der Waals surface area contributed by atoms with E-state index in [-0.39, 0.29) is 30.5 Å². The first-order chi connectivity index (χ1) is 14.9. The maximum atomic E-state index is 13.1. The zero-order chi connectivity index (χ0) is 22.4. The molecule has 158 valence electrons. The number of carbonyl (C=O) groups is 2. The molecular formula is C22H20FN5O3. The average Bonchev–Trinajstić information content (AvgIpc) is 3.19. The van der Waals surface area contributed by atoms with Crippen LogP contribution in [0, 0.1) is 12.4 Å². The number of halogens is 1.